The Balaban J connectivity index is 1.64. The highest BCUT2D eigenvalue weighted by molar-refractivity contribution is 7.90. The predicted molar refractivity (Wildman–Crippen MR) is 136 cm³/mol. The van der Waals surface area contributed by atoms with E-state index in [9.17, 15) is 21.6 Å². The van der Waals surface area contributed by atoms with Crippen LogP contribution in [0.4, 0.5) is 24.5 Å². The number of ether oxygens (including phenoxy) is 2. The van der Waals surface area contributed by atoms with Crippen molar-refractivity contribution < 1.29 is 31.1 Å². The number of anilines is 2. The van der Waals surface area contributed by atoms with Gasteiger partial charge in [0, 0.05) is 17.7 Å². The Hall–Kier alpha value is -3.56. The van der Waals surface area contributed by atoms with Gasteiger partial charge >= 0.3 is 6.18 Å². The Bertz CT molecular complexity index is 1470. The fraction of sp³-hybridized carbons (Fsp3) is 0.360. The second kappa shape index (κ2) is 10.4. The van der Waals surface area contributed by atoms with Crippen LogP contribution in [0.25, 0.3) is 10.9 Å². The summed E-state index contributed by atoms with van der Waals surface area (Å²) in [5, 5.41) is 6.94. The summed E-state index contributed by atoms with van der Waals surface area (Å²) in [7, 11) is -2.00. The van der Waals surface area contributed by atoms with Crippen LogP contribution in [0, 0.1) is 11.8 Å². The van der Waals surface area contributed by atoms with Crippen LogP contribution in [0.1, 0.15) is 12.1 Å². The minimum atomic E-state index is -4.45. The summed E-state index contributed by atoms with van der Waals surface area (Å²) in [5.41, 5.74) is 7.37. The van der Waals surface area contributed by atoms with Crippen LogP contribution in [0.5, 0.6) is 11.5 Å². The number of nitrogens with zero attached hydrogens (tertiary/aromatic N) is 1. The van der Waals surface area contributed by atoms with Gasteiger partial charge in [0.2, 0.25) is 0 Å². The molecule has 2 aromatic carbocycles. The van der Waals surface area contributed by atoms with E-state index in [-0.39, 0.29) is 23.2 Å². The van der Waals surface area contributed by atoms with E-state index in [1.807, 2.05) is 0 Å². The number of rotatable bonds is 7. The first kappa shape index (κ1) is 26.5. The molecule has 0 spiro atoms. The Morgan fingerprint density at radius 1 is 1.27 bits per heavy atom. The summed E-state index contributed by atoms with van der Waals surface area (Å²) in [5.74, 6) is 6.56. The topological polar surface area (TPSA) is 108 Å². The molecule has 0 radical (unpaired) electrons. The van der Waals surface area contributed by atoms with Gasteiger partial charge in [-0.15, -0.1) is 0 Å². The molecule has 8 nitrogen and oxygen atoms in total. The molecule has 4 rings (SSSR count). The first-order chi connectivity index (χ1) is 17.5. The van der Waals surface area contributed by atoms with Crippen molar-refractivity contribution in [3.8, 4) is 23.3 Å². The highest BCUT2D eigenvalue weighted by Gasteiger charge is 2.31. The lowest BCUT2D eigenvalue weighted by Gasteiger charge is -2.28. The minimum absolute atomic E-state index is 0.0446. The van der Waals surface area contributed by atoms with Gasteiger partial charge in [0.05, 0.1) is 47.2 Å². The van der Waals surface area contributed by atoms with Crippen molar-refractivity contribution >= 4 is 32.1 Å². The molecule has 37 heavy (non-hydrogen) atoms. The maximum atomic E-state index is 13.4. The molecule has 0 aliphatic carbocycles. The largest absolute Gasteiger partial charge is 0.495 e. The number of sulfone groups is 1. The Morgan fingerprint density at radius 2 is 2.05 bits per heavy atom. The van der Waals surface area contributed by atoms with Gasteiger partial charge in [-0.2, -0.15) is 13.2 Å². The number of hydrogen-bond acceptors (Lipinski definition) is 7. The fourth-order valence-electron chi connectivity index (χ4n) is 4.15. The molecule has 1 aliphatic heterocycles. The zero-order chi connectivity index (χ0) is 26.8. The van der Waals surface area contributed by atoms with Gasteiger partial charge in [0.1, 0.15) is 24.7 Å². The van der Waals surface area contributed by atoms with E-state index < -0.39 is 22.6 Å². The van der Waals surface area contributed by atoms with Crippen LogP contribution in [-0.4, -0.2) is 58.3 Å². The van der Waals surface area contributed by atoms with Gasteiger partial charge in [0.15, 0.2) is 9.84 Å². The first-order valence-electron chi connectivity index (χ1n) is 11.4. The van der Waals surface area contributed by atoms with Crippen molar-refractivity contribution in [2.75, 3.05) is 43.7 Å². The summed E-state index contributed by atoms with van der Waals surface area (Å²) in [6, 6.07) is 9.21. The number of aromatic nitrogens is 1. The standard InChI is InChI=1S/C25H27F3N4O4S/c1-35-23-13-18(37(2,33)34)5-6-20(23)30-11-3-4-17-12-19-21(32(17)15-25(26,27)28)7-8-22-24(19)31-16(9-10-29)14-36-22/h5-8,12-13,16,30-31H,9-11,14-15,29H2,1-2H3. The number of nitrogens with one attached hydrogen (secondary N) is 2. The van der Waals surface area contributed by atoms with Crippen molar-refractivity contribution in [2.24, 2.45) is 5.73 Å². The molecular formula is C25H27F3N4O4S. The Labute approximate surface area is 212 Å². The zero-order valence-corrected chi connectivity index (χ0v) is 21.1. The fourth-order valence-corrected chi connectivity index (χ4v) is 4.79. The molecule has 0 bridgehead atoms. The van der Waals surface area contributed by atoms with Gasteiger partial charge in [-0.3, -0.25) is 0 Å². The number of benzene rings is 2. The van der Waals surface area contributed by atoms with Crippen molar-refractivity contribution in [3.05, 3.63) is 42.1 Å². The third kappa shape index (κ3) is 6.06. The Kier molecular flexibility index (Phi) is 7.47. The van der Waals surface area contributed by atoms with Crippen molar-refractivity contribution in [1.29, 1.82) is 0 Å². The van der Waals surface area contributed by atoms with Crippen LogP contribution in [0.15, 0.2) is 41.3 Å². The lowest BCUT2D eigenvalue weighted by atomic mass is 10.1. The molecule has 12 heteroatoms. The molecule has 0 fully saturated rings. The van der Waals surface area contributed by atoms with Gasteiger partial charge in [-0.05, 0) is 49.2 Å². The Morgan fingerprint density at radius 3 is 2.73 bits per heavy atom. The third-order valence-corrected chi connectivity index (χ3v) is 6.98. The highest BCUT2D eigenvalue weighted by Crippen LogP contribution is 2.39. The summed E-state index contributed by atoms with van der Waals surface area (Å²) in [6.07, 6.45) is -2.69. The van der Waals surface area contributed by atoms with Gasteiger partial charge in [-0.25, -0.2) is 8.42 Å². The van der Waals surface area contributed by atoms with Gasteiger partial charge < -0.3 is 30.4 Å². The SMILES string of the molecule is COc1cc(S(C)(=O)=O)ccc1NCC#Cc1cc2c3c(ccc2n1CC(F)(F)F)OCC(CCN)N3. The molecule has 3 aromatic rings. The van der Waals surface area contributed by atoms with Crippen molar-refractivity contribution in [1.82, 2.24) is 4.57 Å². The molecule has 1 aromatic heterocycles. The molecule has 1 atom stereocenters. The van der Waals surface area contributed by atoms with Gasteiger partial charge in [-0.1, -0.05) is 5.92 Å². The first-order valence-corrected chi connectivity index (χ1v) is 13.3. The lowest BCUT2D eigenvalue weighted by molar-refractivity contribution is -0.140. The molecule has 198 valence electrons. The van der Waals surface area contributed by atoms with E-state index in [0.29, 0.717) is 53.3 Å². The number of halogens is 3. The summed E-state index contributed by atoms with van der Waals surface area (Å²) >= 11 is 0. The maximum absolute atomic E-state index is 13.4. The second-order valence-corrected chi connectivity index (χ2v) is 10.6. The predicted octanol–water partition coefficient (Wildman–Crippen LogP) is 3.60. The van der Waals surface area contributed by atoms with E-state index >= 15 is 0 Å². The highest BCUT2D eigenvalue weighted by atomic mass is 32.2. The quantitative estimate of drug-likeness (QED) is 0.396. The second-order valence-electron chi connectivity index (χ2n) is 8.62. The third-order valence-electron chi connectivity index (χ3n) is 5.87. The molecule has 4 N–H and O–H groups in total. The molecular weight excluding hydrogens is 509 g/mol. The van der Waals surface area contributed by atoms with Crippen LogP contribution in [-0.2, 0) is 16.4 Å². The van der Waals surface area contributed by atoms with E-state index in [1.165, 1.54) is 19.2 Å². The minimum Gasteiger partial charge on any atom is -0.495 e. The summed E-state index contributed by atoms with van der Waals surface area (Å²) in [4.78, 5) is 0.104. The lowest BCUT2D eigenvalue weighted by Crippen LogP contribution is -2.33. The van der Waals surface area contributed by atoms with Crippen molar-refractivity contribution in [3.63, 3.8) is 0 Å². The van der Waals surface area contributed by atoms with Crippen LogP contribution < -0.4 is 25.8 Å². The number of fused-ring (bicyclic) bond motifs is 3. The van der Waals surface area contributed by atoms with Crippen LogP contribution in [0.3, 0.4) is 0 Å². The van der Waals surface area contributed by atoms with Gasteiger partial charge in [0.25, 0.3) is 0 Å². The molecule has 0 amide bonds. The number of hydrogen-bond donors (Lipinski definition) is 3. The number of methoxy groups -OCH3 is 1. The summed E-state index contributed by atoms with van der Waals surface area (Å²) in [6.45, 7) is -0.237. The van der Waals surface area contributed by atoms with Crippen LogP contribution >= 0.6 is 0 Å². The van der Waals surface area contributed by atoms with E-state index in [1.54, 1.807) is 24.3 Å². The molecule has 1 unspecified atom stereocenters. The molecule has 1 aliphatic rings. The maximum Gasteiger partial charge on any atom is 0.406 e. The number of alkyl halides is 3. The molecule has 2 heterocycles. The van der Waals surface area contributed by atoms with E-state index in [0.717, 1.165) is 10.8 Å². The average Bonchev–Trinajstić information content (AvgIpc) is 3.17. The molecule has 0 saturated heterocycles. The van der Waals surface area contributed by atoms with Crippen molar-refractivity contribution in [2.45, 2.75) is 30.1 Å². The number of nitrogens with two attached hydrogens (primary N) is 1. The summed E-state index contributed by atoms with van der Waals surface area (Å²) < 4.78 is 76.1. The van der Waals surface area contributed by atoms with E-state index in [2.05, 4.69) is 22.5 Å². The smallest absolute Gasteiger partial charge is 0.406 e. The molecule has 0 saturated carbocycles. The van der Waals surface area contributed by atoms with Crippen LogP contribution in [0.2, 0.25) is 0 Å². The normalized spacial score (nSPS) is 15.2. The monoisotopic (exact) mass is 536 g/mol. The van der Waals surface area contributed by atoms with E-state index in [4.69, 9.17) is 15.2 Å². The average molecular weight is 537 g/mol. The zero-order valence-electron chi connectivity index (χ0n) is 20.3.